The molecule has 1 N–H and O–H groups in total. The van der Waals surface area contributed by atoms with Gasteiger partial charge in [-0.05, 0) is 26.0 Å². The van der Waals surface area contributed by atoms with Crippen molar-refractivity contribution >= 4 is 15.9 Å². The van der Waals surface area contributed by atoms with E-state index in [2.05, 4.69) is 15.9 Å². The molecule has 0 amide bonds. The van der Waals surface area contributed by atoms with E-state index >= 15 is 0 Å². The Kier molecular flexibility index (Phi) is 5.80. The Hall–Kier alpha value is -0.580. The first kappa shape index (κ1) is 13.5. The molecule has 0 fully saturated rings. The predicted octanol–water partition coefficient (Wildman–Crippen LogP) is 2.92. The quantitative estimate of drug-likeness (QED) is 0.818. The van der Waals surface area contributed by atoms with E-state index in [-0.39, 0.29) is 0 Å². The van der Waals surface area contributed by atoms with Gasteiger partial charge in [-0.1, -0.05) is 22.0 Å². The molecule has 0 aliphatic heterocycles. The maximum absolute atomic E-state index is 9.57. The van der Waals surface area contributed by atoms with Crippen LogP contribution in [0.15, 0.2) is 22.7 Å². The fourth-order valence-corrected chi connectivity index (χ4v) is 1.67. The summed E-state index contributed by atoms with van der Waals surface area (Å²) in [6.45, 7) is 5.40. The first-order valence-electron chi connectivity index (χ1n) is 5.33. The molecule has 1 atom stereocenters. The highest BCUT2D eigenvalue weighted by molar-refractivity contribution is 9.10. The van der Waals surface area contributed by atoms with E-state index in [1.807, 2.05) is 25.1 Å². The Morgan fingerprint density at radius 2 is 2.12 bits per heavy atom. The van der Waals surface area contributed by atoms with Crippen LogP contribution in [0.1, 0.15) is 25.5 Å². The first-order chi connectivity index (χ1) is 7.65. The number of hydrogen-bond acceptors (Lipinski definition) is 3. The van der Waals surface area contributed by atoms with Gasteiger partial charge in [-0.25, -0.2) is 0 Å². The summed E-state index contributed by atoms with van der Waals surface area (Å²) in [5.74, 6) is 0.698. The Bertz CT molecular complexity index is 326. The Morgan fingerprint density at radius 1 is 1.38 bits per heavy atom. The van der Waals surface area contributed by atoms with Crippen molar-refractivity contribution in [3.8, 4) is 5.75 Å². The molecule has 0 spiro atoms. The van der Waals surface area contributed by atoms with Gasteiger partial charge in [0.15, 0.2) is 0 Å². The van der Waals surface area contributed by atoms with Gasteiger partial charge in [-0.3, -0.25) is 0 Å². The van der Waals surface area contributed by atoms with E-state index in [0.717, 1.165) is 10.0 Å². The Morgan fingerprint density at radius 3 is 2.75 bits per heavy atom. The zero-order chi connectivity index (χ0) is 12.0. The lowest BCUT2D eigenvalue weighted by molar-refractivity contribution is 0.108. The lowest BCUT2D eigenvalue weighted by Crippen LogP contribution is -2.08. The van der Waals surface area contributed by atoms with Gasteiger partial charge in [0, 0.05) is 16.6 Å². The summed E-state index contributed by atoms with van der Waals surface area (Å²) in [7, 11) is 0. The Balaban J connectivity index is 2.65. The number of hydrogen-bond donors (Lipinski definition) is 1. The van der Waals surface area contributed by atoms with E-state index in [0.29, 0.717) is 25.6 Å². The Labute approximate surface area is 105 Å². The van der Waals surface area contributed by atoms with E-state index in [9.17, 15) is 5.11 Å². The maximum atomic E-state index is 9.57. The highest BCUT2D eigenvalue weighted by Gasteiger charge is 2.09. The molecule has 4 heteroatoms. The average molecular weight is 289 g/mol. The molecule has 90 valence electrons. The van der Waals surface area contributed by atoms with Crippen molar-refractivity contribution in [2.75, 3.05) is 19.8 Å². The van der Waals surface area contributed by atoms with Crippen molar-refractivity contribution in [1.82, 2.24) is 0 Å². The van der Waals surface area contributed by atoms with E-state index in [4.69, 9.17) is 9.47 Å². The van der Waals surface area contributed by atoms with Crippen LogP contribution in [0.5, 0.6) is 5.75 Å². The molecule has 0 aromatic heterocycles. The van der Waals surface area contributed by atoms with Crippen LogP contribution in [-0.4, -0.2) is 24.9 Å². The molecule has 0 radical (unpaired) electrons. The van der Waals surface area contributed by atoms with Crippen LogP contribution in [-0.2, 0) is 4.74 Å². The summed E-state index contributed by atoms with van der Waals surface area (Å²) in [5.41, 5.74) is 0.791. The molecule has 0 saturated carbocycles. The normalized spacial score (nSPS) is 12.5. The molecule has 0 saturated heterocycles. The SMILES string of the molecule is CCOCCOc1cc(Br)ccc1[C@H](C)O. The molecule has 1 aromatic rings. The minimum Gasteiger partial charge on any atom is -0.491 e. The second-order valence-corrected chi connectivity index (χ2v) is 4.32. The molecule has 0 unspecified atom stereocenters. The highest BCUT2D eigenvalue weighted by atomic mass is 79.9. The predicted molar refractivity (Wildman–Crippen MR) is 66.8 cm³/mol. The second kappa shape index (κ2) is 6.89. The van der Waals surface area contributed by atoms with Crippen LogP contribution in [0.3, 0.4) is 0 Å². The van der Waals surface area contributed by atoms with Crippen LogP contribution in [0.25, 0.3) is 0 Å². The van der Waals surface area contributed by atoms with E-state index in [1.165, 1.54) is 0 Å². The van der Waals surface area contributed by atoms with Crippen LogP contribution >= 0.6 is 15.9 Å². The van der Waals surface area contributed by atoms with Crippen molar-refractivity contribution in [3.63, 3.8) is 0 Å². The minimum atomic E-state index is -0.532. The van der Waals surface area contributed by atoms with E-state index < -0.39 is 6.10 Å². The number of ether oxygens (including phenoxy) is 2. The van der Waals surface area contributed by atoms with Gasteiger partial charge in [0.1, 0.15) is 12.4 Å². The molecule has 16 heavy (non-hydrogen) atoms. The van der Waals surface area contributed by atoms with E-state index in [1.54, 1.807) is 6.92 Å². The monoisotopic (exact) mass is 288 g/mol. The third-order valence-corrected chi connectivity index (χ3v) is 2.61. The molecule has 0 aliphatic carbocycles. The molecule has 0 heterocycles. The topological polar surface area (TPSA) is 38.7 Å². The van der Waals surface area contributed by atoms with Gasteiger partial charge >= 0.3 is 0 Å². The highest BCUT2D eigenvalue weighted by Crippen LogP contribution is 2.28. The van der Waals surface area contributed by atoms with Crippen LogP contribution in [0, 0.1) is 0 Å². The van der Waals surface area contributed by atoms with Crippen molar-refractivity contribution in [2.24, 2.45) is 0 Å². The summed E-state index contributed by atoms with van der Waals surface area (Å²) in [6, 6.07) is 5.59. The fraction of sp³-hybridized carbons (Fsp3) is 0.500. The fourth-order valence-electron chi connectivity index (χ4n) is 1.33. The first-order valence-corrected chi connectivity index (χ1v) is 6.12. The second-order valence-electron chi connectivity index (χ2n) is 3.40. The third kappa shape index (κ3) is 4.12. The molecule has 0 bridgehead atoms. The summed E-state index contributed by atoms with van der Waals surface area (Å²) in [4.78, 5) is 0. The number of aliphatic hydroxyl groups is 1. The molecule has 1 rings (SSSR count). The lowest BCUT2D eigenvalue weighted by Gasteiger charge is -2.13. The van der Waals surface area contributed by atoms with Crippen LogP contribution < -0.4 is 4.74 Å². The third-order valence-electron chi connectivity index (χ3n) is 2.12. The smallest absolute Gasteiger partial charge is 0.126 e. The van der Waals surface area contributed by atoms with Crippen molar-refractivity contribution in [1.29, 1.82) is 0 Å². The van der Waals surface area contributed by atoms with Crippen molar-refractivity contribution < 1.29 is 14.6 Å². The van der Waals surface area contributed by atoms with Gasteiger partial charge in [0.05, 0.1) is 12.7 Å². The molecule has 3 nitrogen and oxygen atoms in total. The van der Waals surface area contributed by atoms with Gasteiger partial charge in [-0.15, -0.1) is 0 Å². The zero-order valence-electron chi connectivity index (χ0n) is 9.57. The molecular formula is C12H17BrO3. The standard InChI is InChI=1S/C12H17BrO3/c1-3-15-6-7-16-12-8-10(13)4-5-11(12)9(2)14/h4-5,8-9,14H,3,6-7H2,1-2H3/t9-/m0/s1. The molecule has 0 aliphatic rings. The van der Waals surface area contributed by atoms with Crippen molar-refractivity contribution in [3.05, 3.63) is 28.2 Å². The van der Waals surface area contributed by atoms with Crippen LogP contribution in [0.4, 0.5) is 0 Å². The summed E-state index contributed by atoms with van der Waals surface area (Å²) in [5, 5.41) is 9.57. The number of halogens is 1. The maximum Gasteiger partial charge on any atom is 0.126 e. The van der Waals surface area contributed by atoms with Crippen LogP contribution in [0.2, 0.25) is 0 Å². The zero-order valence-corrected chi connectivity index (χ0v) is 11.2. The number of rotatable bonds is 6. The van der Waals surface area contributed by atoms with Gasteiger partial charge in [0.25, 0.3) is 0 Å². The largest absolute Gasteiger partial charge is 0.491 e. The average Bonchev–Trinajstić information content (AvgIpc) is 2.24. The number of aliphatic hydroxyl groups excluding tert-OH is 1. The van der Waals surface area contributed by atoms with Gasteiger partial charge < -0.3 is 14.6 Å². The van der Waals surface area contributed by atoms with Gasteiger partial charge in [0.2, 0.25) is 0 Å². The van der Waals surface area contributed by atoms with Crippen molar-refractivity contribution in [2.45, 2.75) is 20.0 Å². The van der Waals surface area contributed by atoms with Gasteiger partial charge in [-0.2, -0.15) is 0 Å². The minimum absolute atomic E-state index is 0.490. The lowest BCUT2D eigenvalue weighted by atomic mass is 10.1. The summed E-state index contributed by atoms with van der Waals surface area (Å²) in [6.07, 6.45) is -0.532. The number of benzene rings is 1. The summed E-state index contributed by atoms with van der Waals surface area (Å²) < 4.78 is 11.7. The molecule has 1 aromatic carbocycles. The summed E-state index contributed by atoms with van der Waals surface area (Å²) >= 11 is 3.38. The molecular weight excluding hydrogens is 272 g/mol.